The molecule has 7 heteroatoms. The predicted octanol–water partition coefficient (Wildman–Crippen LogP) is 6.13. The van der Waals surface area contributed by atoms with E-state index in [4.69, 9.17) is 4.74 Å². The summed E-state index contributed by atoms with van der Waals surface area (Å²) in [6, 6.07) is 24.8. The van der Waals surface area contributed by atoms with Gasteiger partial charge in [0.15, 0.2) is 6.61 Å². The first-order chi connectivity index (χ1) is 16.6. The number of aromatic nitrogens is 1. The number of anilines is 1. The molecule has 0 saturated heterocycles. The molecule has 0 atom stereocenters. The van der Waals surface area contributed by atoms with Crippen molar-refractivity contribution in [3.8, 4) is 0 Å². The molecule has 0 saturated carbocycles. The van der Waals surface area contributed by atoms with Gasteiger partial charge in [-0.25, -0.2) is 9.78 Å². The Morgan fingerprint density at radius 1 is 0.971 bits per heavy atom. The molecule has 0 radical (unpaired) electrons. The summed E-state index contributed by atoms with van der Waals surface area (Å²) >= 11 is 3.29. The van der Waals surface area contributed by atoms with Crippen molar-refractivity contribution in [1.29, 1.82) is 0 Å². The van der Waals surface area contributed by atoms with Crippen molar-refractivity contribution in [1.82, 2.24) is 4.98 Å². The average Bonchev–Trinajstić information content (AvgIpc) is 3.28. The van der Waals surface area contributed by atoms with Crippen LogP contribution in [-0.2, 0) is 21.7 Å². The lowest BCUT2D eigenvalue weighted by molar-refractivity contribution is -0.119. The number of carbonyl (C=O) groups is 2. The smallest absolute Gasteiger partial charge is 0.338 e. The summed E-state index contributed by atoms with van der Waals surface area (Å²) < 4.78 is 5.23. The third-order valence-electron chi connectivity index (χ3n) is 5.01. The molecule has 0 aliphatic heterocycles. The maximum atomic E-state index is 12.4. The maximum absolute atomic E-state index is 12.4. The van der Waals surface area contributed by atoms with Crippen molar-refractivity contribution in [3.05, 3.63) is 112 Å². The zero-order valence-corrected chi connectivity index (χ0v) is 20.3. The first-order valence-corrected chi connectivity index (χ1v) is 12.7. The van der Waals surface area contributed by atoms with Crippen molar-refractivity contribution in [2.45, 2.75) is 24.0 Å². The van der Waals surface area contributed by atoms with Crippen LogP contribution in [0.5, 0.6) is 0 Å². The van der Waals surface area contributed by atoms with E-state index in [0.717, 1.165) is 32.5 Å². The van der Waals surface area contributed by atoms with Crippen LogP contribution in [0.15, 0.2) is 89.1 Å². The summed E-state index contributed by atoms with van der Waals surface area (Å²) in [7, 11) is 0. The van der Waals surface area contributed by atoms with Gasteiger partial charge in [0.2, 0.25) is 0 Å². The Morgan fingerprint density at radius 3 is 2.44 bits per heavy atom. The molecule has 1 N–H and O–H groups in total. The van der Waals surface area contributed by atoms with Gasteiger partial charge in [0, 0.05) is 21.7 Å². The molecular formula is C27H24N2O3S2. The fourth-order valence-corrected chi connectivity index (χ4v) is 4.84. The van der Waals surface area contributed by atoms with Crippen LogP contribution in [0.4, 0.5) is 5.69 Å². The normalized spacial score (nSPS) is 10.6. The minimum Gasteiger partial charge on any atom is -0.452 e. The fourth-order valence-electron chi connectivity index (χ4n) is 3.33. The highest BCUT2D eigenvalue weighted by Gasteiger charge is 2.12. The highest BCUT2D eigenvalue weighted by molar-refractivity contribution is 7.98. The summed E-state index contributed by atoms with van der Waals surface area (Å²) in [5.74, 6) is -0.126. The van der Waals surface area contributed by atoms with E-state index in [9.17, 15) is 9.59 Å². The highest BCUT2D eigenvalue weighted by atomic mass is 32.2. The van der Waals surface area contributed by atoms with Gasteiger partial charge in [0.1, 0.15) is 0 Å². The van der Waals surface area contributed by atoms with Crippen molar-refractivity contribution >= 4 is 40.7 Å². The number of thioether (sulfide) groups is 1. The van der Waals surface area contributed by atoms with Crippen molar-refractivity contribution in [3.63, 3.8) is 0 Å². The summed E-state index contributed by atoms with van der Waals surface area (Å²) in [4.78, 5) is 30.3. The molecule has 0 unspecified atom stereocenters. The van der Waals surface area contributed by atoms with Gasteiger partial charge < -0.3 is 10.1 Å². The minimum absolute atomic E-state index is 0.349. The van der Waals surface area contributed by atoms with E-state index in [-0.39, 0.29) is 12.5 Å². The lowest BCUT2D eigenvalue weighted by Crippen LogP contribution is -2.21. The molecule has 4 aromatic rings. The Labute approximate surface area is 207 Å². The van der Waals surface area contributed by atoms with Gasteiger partial charge in [-0.1, -0.05) is 48.5 Å². The second-order valence-electron chi connectivity index (χ2n) is 7.61. The summed E-state index contributed by atoms with van der Waals surface area (Å²) in [5, 5.41) is 5.96. The summed E-state index contributed by atoms with van der Waals surface area (Å²) in [6.07, 6.45) is 0.698. The van der Waals surface area contributed by atoms with Crippen molar-refractivity contribution < 1.29 is 14.3 Å². The topological polar surface area (TPSA) is 68.3 Å². The summed E-state index contributed by atoms with van der Waals surface area (Å²) in [6.45, 7) is 1.64. The molecular weight excluding hydrogens is 464 g/mol. The molecule has 4 rings (SSSR count). The van der Waals surface area contributed by atoms with Crippen LogP contribution in [0.1, 0.15) is 32.2 Å². The molecule has 0 fully saturated rings. The van der Waals surface area contributed by atoms with Crippen LogP contribution < -0.4 is 5.32 Å². The lowest BCUT2D eigenvalue weighted by atomic mass is 10.0. The molecule has 0 aliphatic carbocycles. The van der Waals surface area contributed by atoms with Crippen LogP contribution >= 0.6 is 23.1 Å². The number of carbonyl (C=O) groups excluding carboxylic acids is 2. The number of esters is 1. The molecule has 0 aliphatic rings. The number of ether oxygens (including phenoxy) is 1. The molecule has 34 heavy (non-hydrogen) atoms. The Balaban J connectivity index is 1.27. The van der Waals surface area contributed by atoms with E-state index in [2.05, 4.69) is 15.7 Å². The largest absolute Gasteiger partial charge is 0.452 e. The Morgan fingerprint density at radius 2 is 1.71 bits per heavy atom. The average molecular weight is 489 g/mol. The number of para-hydroxylation sites is 1. The van der Waals surface area contributed by atoms with E-state index in [1.165, 1.54) is 0 Å². The first kappa shape index (κ1) is 23.7. The second kappa shape index (κ2) is 11.6. The number of nitrogens with zero attached hydrogens (tertiary/aromatic N) is 1. The molecule has 172 valence electrons. The van der Waals surface area contributed by atoms with E-state index >= 15 is 0 Å². The van der Waals surface area contributed by atoms with Crippen LogP contribution in [-0.4, -0.2) is 23.5 Å². The van der Waals surface area contributed by atoms with Crippen molar-refractivity contribution in [2.75, 3.05) is 11.9 Å². The molecule has 5 nitrogen and oxygen atoms in total. The van der Waals surface area contributed by atoms with Gasteiger partial charge in [-0.3, -0.25) is 4.79 Å². The molecule has 0 spiro atoms. The number of hydrogen-bond acceptors (Lipinski definition) is 6. The van der Waals surface area contributed by atoms with E-state index < -0.39 is 5.97 Å². The monoisotopic (exact) mass is 488 g/mol. The zero-order chi connectivity index (χ0) is 23.8. The fraction of sp³-hybridized carbons (Fsp3) is 0.148. The number of hydrogen-bond donors (Lipinski definition) is 1. The number of rotatable bonds is 9. The van der Waals surface area contributed by atoms with Crippen LogP contribution in [0.3, 0.4) is 0 Å². The second-order valence-corrected chi connectivity index (χ2v) is 9.73. The molecule has 1 amide bonds. The lowest BCUT2D eigenvalue weighted by Gasteiger charge is -2.12. The van der Waals surface area contributed by atoms with Gasteiger partial charge in [-0.15, -0.1) is 23.1 Å². The van der Waals surface area contributed by atoms with Gasteiger partial charge in [-0.2, -0.15) is 0 Å². The van der Waals surface area contributed by atoms with Gasteiger partial charge in [0.05, 0.1) is 16.3 Å². The quantitative estimate of drug-likeness (QED) is 0.227. The van der Waals surface area contributed by atoms with E-state index in [1.807, 2.05) is 73.7 Å². The minimum atomic E-state index is -0.528. The number of thiazole rings is 1. The van der Waals surface area contributed by atoms with Crippen LogP contribution in [0, 0.1) is 6.92 Å². The molecule has 1 aromatic heterocycles. The summed E-state index contributed by atoms with van der Waals surface area (Å²) in [5.41, 5.74) is 4.32. The predicted molar refractivity (Wildman–Crippen MR) is 137 cm³/mol. The van der Waals surface area contributed by atoms with Crippen LogP contribution in [0.25, 0.3) is 0 Å². The van der Waals surface area contributed by atoms with E-state index in [1.54, 1.807) is 35.2 Å². The SMILES string of the molecule is Cc1nc(CSc2ccc(C(=O)OCC(=O)Nc3ccccc3Cc3ccccc3)cc2)cs1. The standard InChI is InChI=1S/C27H24N2O3S2/c1-19-28-23(17-33-19)18-34-24-13-11-21(12-14-24)27(31)32-16-26(30)29-25-10-6-5-9-22(25)15-20-7-3-2-4-8-20/h2-14,17H,15-16,18H2,1H3,(H,29,30). The Hall–Kier alpha value is -3.42. The number of nitrogens with one attached hydrogen (secondary N) is 1. The van der Waals surface area contributed by atoms with Gasteiger partial charge in [-0.05, 0) is 54.8 Å². The third-order valence-corrected chi connectivity index (χ3v) is 6.87. The molecule has 3 aromatic carbocycles. The number of aryl methyl sites for hydroxylation is 1. The molecule has 0 bridgehead atoms. The Kier molecular flexibility index (Phi) is 8.12. The maximum Gasteiger partial charge on any atom is 0.338 e. The van der Waals surface area contributed by atoms with E-state index in [0.29, 0.717) is 17.7 Å². The first-order valence-electron chi connectivity index (χ1n) is 10.8. The van der Waals surface area contributed by atoms with Crippen molar-refractivity contribution in [2.24, 2.45) is 0 Å². The third kappa shape index (κ3) is 6.79. The number of amides is 1. The zero-order valence-electron chi connectivity index (χ0n) is 18.7. The Bertz CT molecular complexity index is 1250. The van der Waals surface area contributed by atoms with Gasteiger partial charge >= 0.3 is 5.97 Å². The molecule has 1 heterocycles. The van der Waals surface area contributed by atoms with Crippen LogP contribution in [0.2, 0.25) is 0 Å². The van der Waals surface area contributed by atoms with Gasteiger partial charge in [0.25, 0.3) is 5.91 Å². The number of benzene rings is 3. The highest BCUT2D eigenvalue weighted by Crippen LogP contribution is 2.24.